The van der Waals surface area contributed by atoms with Gasteiger partial charge >= 0.3 is 7.32 Å². The van der Waals surface area contributed by atoms with Crippen LogP contribution in [0.5, 0.6) is 0 Å². The molecule has 62 valence electrons. The Bertz CT molecular complexity index is 56.1. The minimum atomic E-state index is -2.17. The fraction of sp³-hybridized carbons (Fsp3) is 1.00. The second kappa shape index (κ2) is 9.29. The van der Waals surface area contributed by atoms with Crippen molar-refractivity contribution in [3.05, 3.63) is 0 Å². The topological polar surface area (TPSA) is 60.7 Å². The lowest BCUT2D eigenvalue weighted by molar-refractivity contribution is 0.278. The Morgan fingerprint density at radius 1 is 1.10 bits per heavy atom. The van der Waals surface area contributed by atoms with Crippen LogP contribution >= 0.6 is 0 Å². The molecule has 0 unspecified atom stereocenters. The highest BCUT2D eigenvalue weighted by Crippen LogP contribution is 1.85. The lowest BCUT2D eigenvalue weighted by Crippen LogP contribution is -2.07. The van der Waals surface area contributed by atoms with Gasteiger partial charge in [0.25, 0.3) is 0 Å². The summed E-state index contributed by atoms with van der Waals surface area (Å²) < 4.78 is 0. The van der Waals surface area contributed by atoms with E-state index in [2.05, 4.69) is 20.1 Å². The van der Waals surface area contributed by atoms with Gasteiger partial charge in [-0.2, -0.15) is 0 Å². The SMILES string of the molecule is CC[S+](C)CC.OB(O)O. The zero-order valence-electron chi connectivity index (χ0n) is 6.74. The van der Waals surface area contributed by atoms with E-state index < -0.39 is 7.32 Å². The van der Waals surface area contributed by atoms with Crippen LogP contribution in [0.3, 0.4) is 0 Å². The molecule has 0 aliphatic rings. The molecule has 0 amide bonds. The van der Waals surface area contributed by atoms with Crippen LogP contribution in [-0.2, 0) is 10.9 Å². The maximum absolute atomic E-state index is 7.17. The molecule has 0 aromatic carbocycles. The molecule has 0 spiro atoms. The largest absolute Gasteiger partial charge is 0.631 e. The highest BCUT2D eigenvalue weighted by atomic mass is 32.2. The fourth-order valence-corrected chi connectivity index (χ4v) is 0.612. The fourth-order valence-electron chi connectivity index (χ4n) is 0.204. The normalized spacial score (nSPS) is 8.70. The van der Waals surface area contributed by atoms with E-state index in [1.807, 2.05) is 0 Å². The Balaban J connectivity index is 0. The minimum Gasteiger partial charge on any atom is -0.402 e. The molecule has 10 heavy (non-hydrogen) atoms. The Hall–Kier alpha value is 0.295. The molecule has 0 aliphatic carbocycles. The summed E-state index contributed by atoms with van der Waals surface area (Å²) in [6, 6.07) is 0. The van der Waals surface area contributed by atoms with Crippen LogP contribution in [0.4, 0.5) is 0 Å². The molecular weight excluding hydrogens is 151 g/mol. The van der Waals surface area contributed by atoms with Gasteiger partial charge in [0.1, 0.15) is 11.5 Å². The zero-order chi connectivity index (χ0) is 8.57. The maximum atomic E-state index is 7.17. The Morgan fingerprint density at radius 3 is 1.30 bits per heavy atom. The molecule has 0 rings (SSSR count). The van der Waals surface area contributed by atoms with Gasteiger partial charge < -0.3 is 15.1 Å². The van der Waals surface area contributed by atoms with Crippen LogP contribution < -0.4 is 0 Å². The average molecular weight is 167 g/mol. The van der Waals surface area contributed by atoms with Crippen molar-refractivity contribution >= 4 is 18.2 Å². The van der Waals surface area contributed by atoms with Crippen molar-refractivity contribution in [2.75, 3.05) is 17.8 Å². The summed E-state index contributed by atoms with van der Waals surface area (Å²) in [5.74, 6) is 2.72. The van der Waals surface area contributed by atoms with Gasteiger partial charge in [0.2, 0.25) is 0 Å². The van der Waals surface area contributed by atoms with Gasteiger partial charge in [0.05, 0.1) is 6.26 Å². The molecular formula is C5H16BO3S+. The first-order valence-electron chi connectivity index (χ1n) is 3.17. The van der Waals surface area contributed by atoms with Gasteiger partial charge in [-0.15, -0.1) is 0 Å². The van der Waals surface area contributed by atoms with E-state index in [0.717, 1.165) is 0 Å². The van der Waals surface area contributed by atoms with Crippen molar-refractivity contribution in [1.82, 2.24) is 0 Å². The summed E-state index contributed by atoms with van der Waals surface area (Å²) >= 11 is 0. The van der Waals surface area contributed by atoms with Gasteiger partial charge in [0.15, 0.2) is 0 Å². The van der Waals surface area contributed by atoms with Crippen LogP contribution in [0.25, 0.3) is 0 Å². The zero-order valence-corrected chi connectivity index (χ0v) is 7.56. The van der Waals surface area contributed by atoms with Crippen molar-refractivity contribution in [3.63, 3.8) is 0 Å². The minimum absolute atomic E-state index is 0.716. The quantitative estimate of drug-likeness (QED) is 0.373. The second-order valence-corrected chi connectivity index (χ2v) is 4.42. The molecule has 0 heterocycles. The third kappa shape index (κ3) is 23.9. The van der Waals surface area contributed by atoms with Gasteiger partial charge in [-0.25, -0.2) is 0 Å². The van der Waals surface area contributed by atoms with Crippen LogP contribution in [0, 0.1) is 0 Å². The van der Waals surface area contributed by atoms with Gasteiger partial charge in [-0.05, 0) is 24.7 Å². The summed E-state index contributed by atoms with van der Waals surface area (Å²) in [7, 11) is -1.45. The Labute approximate surface area is 65.6 Å². The first kappa shape index (κ1) is 12.9. The van der Waals surface area contributed by atoms with E-state index in [1.165, 1.54) is 11.5 Å². The maximum Gasteiger partial charge on any atom is 0.631 e. The van der Waals surface area contributed by atoms with Gasteiger partial charge in [0, 0.05) is 0 Å². The monoisotopic (exact) mass is 167 g/mol. The number of rotatable bonds is 2. The third-order valence-electron chi connectivity index (χ3n) is 0.986. The highest BCUT2D eigenvalue weighted by molar-refractivity contribution is 7.96. The standard InChI is InChI=1S/C5H13S.BH3O3/c1-4-6(3)5-2;2-1(3)4/h4-5H2,1-3H3;2-4H/q+1;. The average Bonchev–Trinajstić information content (AvgIpc) is 1.85. The van der Waals surface area contributed by atoms with E-state index in [0.29, 0.717) is 10.9 Å². The summed E-state index contributed by atoms with van der Waals surface area (Å²) in [5, 5.41) is 21.5. The Morgan fingerprint density at radius 2 is 1.30 bits per heavy atom. The van der Waals surface area contributed by atoms with Crippen molar-refractivity contribution in [2.24, 2.45) is 0 Å². The van der Waals surface area contributed by atoms with E-state index in [-0.39, 0.29) is 0 Å². The van der Waals surface area contributed by atoms with E-state index in [1.54, 1.807) is 0 Å². The number of hydrogen-bond acceptors (Lipinski definition) is 3. The van der Waals surface area contributed by atoms with E-state index >= 15 is 0 Å². The second-order valence-electron chi connectivity index (χ2n) is 1.71. The highest BCUT2D eigenvalue weighted by Gasteiger charge is 1.98. The number of hydrogen-bond donors (Lipinski definition) is 3. The summed E-state index contributed by atoms with van der Waals surface area (Å²) in [6.07, 6.45) is 2.31. The van der Waals surface area contributed by atoms with Crippen molar-refractivity contribution in [3.8, 4) is 0 Å². The molecule has 5 heteroatoms. The molecule has 0 aromatic rings. The molecule has 0 bridgehead atoms. The molecule has 3 N–H and O–H groups in total. The molecule has 0 saturated heterocycles. The van der Waals surface area contributed by atoms with Crippen molar-refractivity contribution in [2.45, 2.75) is 13.8 Å². The lowest BCUT2D eigenvalue weighted by atomic mass is 10.3. The molecule has 3 nitrogen and oxygen atoms in total. The predicted molar refractivity (Wildman–Crippen MR) is 46.8 cm³/mol. The summed E-state index contributed by atoms with van der Waals surface area (Å²) in [5.41, 5.74) is 0. The molecule has 0 atom stereocenters. The van der Waals surface area contributed by atoms with Gasteiger partial charge in [-0.3, -0.25) is 0 Å². The van der Waals surface area contributed by atoms with Crippen LogP contribution in [0.1, 0.15) is 13.8 Å². The molecule has 0 saturated carbocycles. The first-order valence-corrected chi connectivity index (χ1v) is 5.15. The smallest absolute Gasteiger partial charge is 0.402 e. The summed E-state index contributed by atoms with van der Waals surface area (Å²) in [6.45, 7) is 4.49. The summed E-state index contributed by atoms with van der Waals surface area (Å²) in [4.78, 5) is 0. The van der Waals surface area contributed by atoms with Crippen molar-refractivity contribution < 1.29 is 15.1 Å². The first-order chi connectivity index (χ1) is 4.54. The van der Waals surface area contributed by atoms with Crippen LogP contribution in [0.15, 0.2) is 0 Å². The third-order valence-corrected chi connectivity index (χ3v) is 2.96. The van der Waals surface area contributed by atoms with Gasteiger partial charge in [-0.1, -0.05) is 0 Å². The van der Waals surface area contributed by atoms with Crippen LogP contribution in [-0.4, -0.2) is 40.2 Å². The Kier molecular flexibility index (Phi) is 12.0. The lowest BCUT2D eigenvalue weighted by Gasteiger charge is -1.89. The molecule has 0 aromatic heterocycles. The van der Waals surface area contributed by atoms with Crippen molar-refractivity contribution in [1.29, 1.82) is 0 Å². The predicted octanol–water partition coefficient (Wildman–Crippen LogP) is -0.777. The molecule has 0 radical (unpaired) electrons. The van der Waals surface area contributed by atoms with Crippen LogP contribution in [0.2, 0.25) is 0 Å². The molecule has 0 aliphatic heterocycles. The van der Waals surface area contributed by atoms with E-state index in [4.69, 9.17) is 15.1 Å². The molecule has 0 fully saturated rings. The van der Waals surface area contributed by atoms with E-state index in [9.17, 15) is 0 Å².